The zero-order chi connectivity index (χ0) is 16.8. The van der Waals surface area contributed by atoms with Crippen molar-refractivity contribution in [1.82, 2.24) is 10.2 Å². The minimum absolute atomic E-state index is 0.103. The molecule has 126 valence electrons. The smallest absolute Gasteiger partial charge is 0.310 e. The molecule has 1 aliphatic rings. The molecule has 2 rings (SSSR count). The van der Waals surface area contributed by atoms with Gasteiger partial charge in [-0.15, -0.1) is 0 Å². The molecule has 0 aromatic heterocycles. The molecule has 23 heavy (non-hydrogen) atoms. The largest absolute Gasteiger partial charge is 0.466 e. The SMILES string of the molecule is CCOC(=O)C1CCCN(C(=S)NCc2ccc(Cl)c(Cl)c2)C1. The predicted octanol–water partition coefficient (Wildman–Crippen LogP) is 3.64. The van der Waals surface area contributed by atoms with Crippen molar-refractivity contribution < 1.29 is 9.53 Å². The van der Waals surface area contributed by atoms with Crippen molar-refractivity contribution in [3.05, 3.63) is 33.8 Å². The third-order valence-electron chi connectivity index (χ3n) is 3.76. The highest BCUT2D eigenvalue weighted by Gasteiger charge is 2.27. The van der Waals surface area contributed by atoms with Crippen molar-refractivity contribution in [3.8, 4) is 0 Å². The summed E-state index contributed by atoms with van der Waals surface area (Å²) >= 11 is 17.4. The van der Waals surface area contributed by atoms with Crippen LogP contribution in [0, 0.1) is 5.92 Å². The van der Waals surface area contributed by atoms with E-state index in [4.69, 9.17) is 40.2 Å². The Morgan fingerprint density at radius 2 is 2.22 bits per heavy atom. The van der Waals surface area contributed by atoms with Gasteiger partial charge in [-0.05, 0) is 49.7 Å². The van der Waals surface area contributed by atoms with Crippen molar-refractivity contribution >= 4 is 46.5 Å². The van der Waals surface area contributed by atoms with E-state index in [0.717, 1.165) is 24.9 Å². The second-order valence-electron chi connectivity index (χ2n) is 5.44. The Hall–Kier alpha value is -1.04. The van der Waals surface area contributed by atoms with Gasteiger partial charge in [0.05, 0.1) is 22.6 Å². The van der Waals surface area contributed by atoms with Crippen LogP contribution in [-0.2, 0) is 16.1 Å². The van der Waals surface area contributed by atoms with Crippen molar-refractivity contribution in [3.63, 3.8) is 0 Å². The number of halogens is 2. The van der Waals surface area contributed by atoms with E-state index in [9.17, 15) is 4.79 Å². The quantitative estimate of drug-likeness (QED) is 0.643. The Balaban J connectivity index is 1.87. The summed E-state index contributed by atoms with van der Waals surface area (Å²) in [5.41, 5.74) is 1.00. The molecule has 1 aromatic rings. The molecule has 1 unspecified atom stereocenters. The number of hydrogen-bond acceptors (Lipinski definition) is 3. The van der Waals surface area contributed by atoms with Gasteiger partial charge in [0.2, 0.25) is 0 Å². The highest BCUT2D eigenvalue weighted by Crippen LogP contribution is 2.22. The molecule has 0 radical (unpaired) electrons. The van der Waals surface area contributed by atoms with Crippen molar-refractivity contribution in [2.75, 3.05) is 19.7 Å². The van der Waals surface area contributed by atoms with E-state index in [2.05, 4.69) is 5.32 Å². The zero-order valence-electron chi connectivity index (χ0n) is 13.0. The molecule has 0 amide bonds. The van der Waals surface area contributed by atoms with Crippen molar-refractivity contribution in [2.24, 2.45) is 5.92 Å². The lowest BCUT2D eigenvalue weighted by molar-refractivity contribution is -0.149. The lowest BCUT2D eigenvalue weighted by atomic mass is 9.98. The molecule has 4 nitrogen and oxygen atoms in total. The number of thiocarbonyl (C=S) groups is 1. The van der Waals surface area contributed by atoms with E-state index in [1.165, 1.54) is 0 Å². The van der Waals surface area contributed by atoms with Gasteiger partial charge in [0.15, 0.2) is 5.11 Å². The molecule has 0 aliphatic carbocycles. The number of benzene rings is 1. The van der Waals surface area contributed by atoms with Crippen LogP contribution in [0.25, 0.3) is 0 Å². The first-order valence-corrected chi connectivity index (χ1v) is 8.81. The molecule has 1 N–H and O–H groups in total. The van der Waals surface area contributed by atoms with Crippen LogP contribution >= 0.6 is 35.4 Å². The number of likely N-dealkylation sites (tertiary alicyclic amines) is 1. The molecule has 1 saturated heterocycles. The molecule has 1 fully saturated rings. The Bertz CT molecular complexity index is 583. The maximum atomic E-state index is 11.9. The lowest BCUT2D eigenvalue weighted by Gasteiger charge is -2.33. The molecule has 1 aliphatic heterocycles. The summed E-state index contributed by atoms with van der Waals surface area (Å²) in [6, 6.07) is 5.49. The first-order chi connectivity index (χ1) is 11.0. The number of hydrogen-bond donors (Lipinski definition) is 1. The molecule has 1 atom stereocenters. The van der Waals surface area contributed by atoms with Gasteiger partial charge in [-0.1, -0.05) is 29.3 Å². The first-order valence-electron chi connectivity index (χ1n) is 7.64. The van der Waals surface area contributed by atoms with Crippen LogP contribution < -0.4 is 5.32 Å². The van der Waals surface area contributed by atoms with Crippen LogP contribution in [0.4, 0.5) is 0 Å². The van der Waals surface area contributed by atoms with Crippen LogP contribution in [0.5, 0.6) is 0 Å². The summed E-state index contributed by atoms with van der Waals surface area (Å²) in [5, 5.41) is 4.91. The molecule has 1 aromatic carbocycles. The second kappa shape index (κ2) is 8.71. The predicted molar refractivity (Wildman–Crippen MR) is 96.8 cm³/mol. The Morgan fingerprint density at radius 3 is 2.91 bits per heavy atom. The minimum atomic E-state index is -0.135. The zero-order valence-corrected chi connectivity index (χ0v) is 15.3. The molecule has 1 heterocycles. The van der Waals surface area contributed by atoms with Gasteiger partial charge in [-0.25, -0.2) is 0 Å². The van der Waals surface area contributed by atoms with E-state index >= 15 is 0 Å². The Kier molecular flexibility index (Phi) is 6.93. The fraction of sp³-hybridized carbons (Fsp3) is 0.500. The summed E-state index contributed by atoms with van der Waals surface area (Å²) in [4.78, 5) is 13.9. The van der Waals surface area contributed by atoms with Crippen LogP contribution in [0.1, 0.15) is 25.3 Å². The number of esters is 1. The molecule has 0 bridgehead atoms. The van der Waals surface area contributed by atoms with Gasteiger partial charge in [-0.3, -0.25) is 4.79 Å². The molecule has 7 heteroatoms. The van der Waals surface area contributed by atoms with E-state index < -0.39 is 0 Å². The molecular weight excluding hydrogens is 355 g/mol. The van der Waals surface area contributed by atoms with Gasteiger partial charge >= 0.3 is 5.97 Å². The van der Waals surface area contributed by atoms with Gasteiger partial charge in [0.1, 0.15) is 0 Å². The second-order valence-corrected chi connectivity index (χ2v) is 6.65. The molecular formula is C16H20Cl2N2O2S. The van der Waals surface area contributed by atoms with Gasteiger partial charge < -0.3 is 15.0 Å². The summed E-state index contributed by atoms with van der Waals surface area (Å²) in [6.07, 6.45) is 1.78. The van der Waals surface area contributed by atoms with E-state index in [1.807, 2.05) is 24.0 Å². The fourth-order valence-corrected chi connectivity index (χ4v) is 3.11. The molecule has 0 saturated carbocycles. The monoisotopic (exact) mass is 374 g/mol. The van der Waals surface area contributed by atoms with E-state index in [-0.39, 0.29) is 11.9 Å². The van der Waals surface area contributed by atoms with Gasteiger partial charge in [-0.2, -0.15) is 0 Å². The average Bonchev–Trinajstić information content (AvgIpc) is 2.56. The maximum absolute atomic E-state index is 11.9. The fourth-order valence-electron chi connectivity index (χ4n) is 2.55. The third kappa shape index (κ3) is 5.23. The van der Waals surface area contributed by atoms with Crippen molar-refractivity contribution in [1.29, 1.82) is 0 Å². The molecule has 0 spiro atoms. The third-order valence-corrected chi connectivity index (χ3v) is 4.90. The normalized spacial score (nSPS) is 17.7. The maximum Gasteiger partial charge on any atom is 0.310 e. The van der Waals surface area contributed by atoms with Crippen LogP contribution in [0.3, 0.4) is 0 Å². The van der Waals surface area contributed by atoms with E-state index in [0.29, 0.717) is 34.9 Å². The Morgan fingerprint density at radius 1 is 1.43 bits per heavy atom. The number of carbonyl (C=O) groups is 1. The number of piperidine rings is 1. The number of nitrogens with one attached hydrogen (secondary N) is 1. The number of ether oxygens (including phenoxy) is 1. The first kappa shape index (κ1) is 18.3. The summed E-state index contributed by atoms with van der Waals surface area (Å²) in [5.74, 6) is -0.238. The number of nitrogens with zero attached hydrogens (tertiary/aromatic N) is 1. The van der Waals surface area contributed by atoms with Gasteiger partial charge in [0.25, 0.3) is 0 Å². The van der Waals surface area contributed by atoms with Crippen LogP contribution in [0.2, 0.25) is 10.0 Å². The Labute approximate surface area is 152 Å². The average molecular weight is 375 g/mol. The highest BCUT2D eigenvalue weighted by molar-refractivity contribution is 7.80. The summed E-state index contributed by atoms with van der Waals surface area (Å²) in [6.45, 7) is 4.25. The van der Waals surface area contributed by atoms with Gasteiger partial charge in [0, 0.05) is 19.6 Å². The summed E-state index contributed by atoms with van der Waals surface area (Å²) in [7, 11) is 0. The topological polar surface area (TPSA) is 41.6 Å². The van der Waals surface area contributed by atoms with E-state index in [1.54, 1.807) is 6.07 Å². The standard InChI is InChI=1S/C16H20Cl2N2O2S/c1-2-22-15(21)12-4-3-7-20(10-12)16(23)19-9-11-5-6-13(17)14(18)8-11/h5-6,8,12H,2-4,7,9-10H2,1H3,(H,19,23). The van der Waals surface area contributed by atoms with Crippen molar-refractivity contribution in [2.45, 2.75) is 26.3 Å². The van der Waals surface area contributed by atoms with Crippen LogP contribution in [0.15, 0.2) is 18.2 Å². The lowest BCUT2D eigenvalue weighted by Crippen LogP contribution is -2.47. The van der Waals surface area contributed by atoms with Crippen LogP contribution in [-0.4, -0.2) is 35.7 Å². The minimum Gasteiger partial charge on any atom is -0.466 e. The summed E-state index contributed by atoms with van der Waals surface area (Å²) < 4.78 is 5.11. The number of rotatable bonds is 4. The highest BCUT2D eigenvalue weighted by atomic mass is 35.5. The number of carbonyl (C=O) groups excluding carboxylic acids is 1.